The second-order valence-corrected chi connectivity index (χ2v) is 12.0. The number of piperidine rings is 1. The number of halogens is 1. The molecule has 2 heterocycles. The zero-order valence-corrected chi connectivity index (χ0v) is 24.0. The molecule has 0 bridgehead atoms. The predicted molar refractivity (Wildman–Crippen MR) is 161 cm³/mol. The van der Waals surface area contributed by atoms with Gasteiger partial charge in [0.2, 0.25) is 0 Å². The molecule has 0 saturated carbocycles. The van der Waals surface area contributed by atoms with E-state index in [1.165, 1.54) is 16.2 Å². The maximum absolute atomic E-state index is 15.0. The van der Waals surface area contributed by atoms with Gasteiger partial charge in [-0.2, -0.15) is 0 Å². The highest BCUT2D eigenvalue weighted by atomic mass is 19.1. The van der Waals surface area contributed by atoms with Crippen molar-refractivity contribution in [1.29, 1.82) is 0 Å². The summed E-state index contributed by atoms with van der Waals surface area (Å²) in [6, 6.07) is 25.5. The van der Waals surface area contributed by atoms with Gasteiger partial charge in [-0.15, -0.1) is 0 Å². The van der Waals surface area contributed by atoms with E-state index in [0.29, 0.717) is 18.5 Å². The molecular weight excluding hydrogens is 513 g/mol. The lowest BCUT2D eigenvalue weighted by Crippen LogP contribution is -2.49. The first-order valence-corrected chi connectivity index (χ1v) is 14.8. The molecule has 0 amide bonds. The van der Waals surface area contributed by atoms with Gasteiger partial charge in [0.15, 0.2) is 0 Å². The van der Waals surface area contributed by atoms with Crippen molar-refractivity contribution in [3.05, 3.63) is 139 Å². The van der Waals surface area contributed by atoms with E-state index in [9.17, 15) is 9.59 Å². The van der Waals surface area contributed by atoms with Crippen LogP contribution < -0.4 is 11.2 Å². The summed E-state index contributed by atoms with van der Waals surface area (Å²) in [6.07, 6.45) is 3.28. The van der Waals surface area contributed by atoms with Crippen molar-refractivity contribution in [3.63, 3.8) is 0 Å². The summed E-state index contributed by atoms with van der Waals surface area (Å²) in [5.41, 5.74) is 4.56. The Labute approximate surface area is 240 Å². The molecule has 4 aromatic rings. The average molecular weight is 552 g/mol. The topological polar surface area (TPSA) is 47.2 Å². The Morgan fingerprint density at radius 1 is 0.829 bits per heavy atom. The summed E-state index contributed by atoms with van der Waals surface area (Å²) in [6.45, 7) is 7.06. The Kier molecular flexibility index (Phi) is 7.52. The molecule has 5 nitrogen and oxygen atoms in total. The Bertz CT molecular complexity index is 1630. The first-order valence-electron chi connectivity index (χ1n) is 14.8. The summed E-state index contributed by atoms with van der Waals surface area (Å²) < 4.78 is 18.2. The first kappa shape index (κ1) is 27.4. The van der Waals surface area contributed by atoms with Crippen LogP contribution in [-0.4, -0.2) is 27.1 Å². The smallest absolute Gasteiger partial charge is 0.299 e. The van der Waals surface area contributed by atoms with Crippen LogP contribution in [0.1, 0.15) is 65.6 Å². The summed E-state index contributed by atoms with van der Waals surface area (Å²) in [7, 11) is 0. The Balaban J connectivity index is 1.40. The van der Waals surface area contributed by atoms with Crippen molar-refractivity contribution >= 4 is 0 Å². The Hall–Kier alpha value is -3.77. The molecular formula is C35H38FN3O2. The minimum Gasteiger partial charge on any atom is -0.299 e. The third kappa shape index (κ3) is 5.21. The number of hydrogen-bond donors (Lipinski definition) is 0. The molecule has 6 rings (SSSR count). The molecule has 0 unspecified atom stereocenters. The van der Waals surface area contributed by atoms with Crippen LogP contribution in [0.2, 0.25) is 0 Å². The molecule has 1 aromatic heterocycles. The van der Waals surface area contributed by atoms with Crippen molar-refractivity contribution in [1.82, 2.24) is 14.0 Å². The van der Waals surface area contributed by atoms with Gasteiger partial charge in [0, 0.05) is 35.3 Å². The minimum absolute atomic E-state index is 0.0200. The van der Waals surface area contributed by atoms with Gasteiger partial charge >= 0.3 is 5.69 Å². The van der Waals surface area contributed by atoms with E-state index in [4.69, 9.17) is 0 Å². The van der Waals surface area contributed by atoms with Crippen molar-refractivity contribution in [3.8, 4) is 0 Å². The standard InChI is InChI=1S/C35H38FN3O2/c1-25-10-9-15-30(36)29(25)24-38-31-16-17-35(18-20-37(21-19-35)23-27-11-5-3-6-12-27)32(31)33(40)39(34(38)41)22-26(2)28-13-7-4-8-14-28/h3-15,26H,16-24H2,1-2H3/t26-/m0/s1. The summed E-state index contributed by atoms with van der Waals surface area (Å²) in [4.78, 5) is 30.8. The molecule has 0 N–H and O–H groups in total. The van der Waals surface area contributed by atoms with E-state index in [0.717, 1.165) is 61.3 Å². The van der Waals surface area contributed by atoms with Crippen LogP contribution in [0.15, 0.2) is 88.5 Å². The average Bonchev–Trinajstić information content (AvgIpc) is 3.35. The number of fused-ring (bicyclic) bond motifs is 2. The second kappa shape index (κ2) is 11.2. The number of benzene rings is 3. The molecule has 1 aliphatic carbocycles. The molecule has 0 radical (unpaired) electrons. The molecule has 2 aliphatic rings. The van der Waals surface area contributed by atoms with Crippen molar-refractivity contribution in [2.24, 2.45) is 0 Å². The molecule has 212 valence electrons. The molecule has 41 heavy (non-hydrogen) atoms. The predicted octanol–water partition coefficient (Wildman–Crippen LogP) is 5.79. The largest absolute Gasteiger partial charge is 0.331 e. The van der Waals surface area contributed by atoms with Crippen LogP contribution in [0, 0.1) is 12.7 Å². The zero-order valence-electron chi connectivity index (χ0n) is 24.0. The van der Waals surface area contributed by atoms with Crippen LogP contribution in [0.25, 0.3) is 0 Å². The van der Waals surface area contributed by atoms with E-state index in [1.54, 1.807) is 10.6 Å². The van der Waals surface area contributed by atoms with E-state index >= 15 is 4.39 Å². The Morgan fingerprint density at radius 3 is 2.20 bits per heavy atom. The highest BCUT2D eigenvalue weighted by Gasteiger charge is 2.45. The third-order valence-corrected chi connectivity index (χ3v) is 9.46. The van der Waals surface area contributed by atoms with Gasteiger partial charge in [-0.1, -0.05) is 79.7 Å². The fourth-order valence-electron chi connectivity index (χ4n) is 7.01. The highest BCUT2D eigenvalue weighted by molar-refractivity contribution is 5.37. The third-order valence-electron chi connectivity index (χ3n) is 9.46. The number of nitrogens with zero attached hydrogens (tertiary/aromatic N) is 3. The van der Waals surface area contributed by atoms with Gasteiger partial charge in [-0.25, -0.2) is 9.18 Å². The molecule has 1 spiro atoms. The van der Waals surface area contributed by atoms with Crippen LogP contribution in [0.4, 0.5) is 4.39 Å². The molecule has 1 aliphatic heterocycles. The van der Waals surface area contributed by atoms with E-state index < -0.39 is 0 Å². The summed E-state index contributed by atoms with van der Waals surface area (Å²) in [5, 5.41) is 0. The van der Waals surface area contributed by atoms with Crippen LogP contribution in [0.3, 0.4) is 0 Å². The van der Waals surface area contributed by atoms with Gasteiger partial charge < -0.3 is 0 Å². The number of likely N-dealkylation sites (tertiary alicyclic amines) is 1. The monoisotopic (exact) mass is 551 g/mol. The SMILES string of the molecule is Cc1cccc(F)c1Cn1c2c(c(=O)n(C[C@H](C)c3ccccc3)c1=O)C1(CC2)CCN(Cc2ccccc2)CC1. The minimum atomic E-state index is -0.335. The van der Waals surface area contributed by atoms with Crippen LogP contribution in [0.5, 0.6) is 0 Å². The maximum Gasteiger partial charge on any atom is 0.331 e. The number of aryl methyl sites for hydroxylation is 1. The van der Waals surface area contributed by atoms with E-state index in [-0.39, 0.29) is 34.9 Å². The molecule has 1 atom stereocenters. The first-order chi connectivity index (χ1) is 19.9. The van der Waals surface area contributed by atoms with Crippen molar-refractivity contribution in [2.45, 2.75) is 70.5 Å². The zero-order chi connectivity index (χ0) is 28.6. The number of hydrogen-bond acceptors (Lipinski definition) is 3. The second-order valence-electron chi connectivity index (χ2n) is 12.0. The van der Waals surface area contributed by atoms with Crippen LogP contribution >= 0.6 is 0 Å². The van der Waals surface area contributed by atoms with E-state index in [2.05, 4.69) is 36.1 Å². The Morgan fingerprint density at radius 2 is 1.51 bits per heavy atom. The fraction of sp³-hybridized carbons (Fsp3) is 0.371. The highest BCUT2D eigenvalue weighted by Crippen LogP contribution is 2.44. The summed E-state index contributed by atoms with van der Waals surface area (Å²) in [5.74, 6) is -0.337. The quantitative estimate of drug-likeness (QED) is 0.292. The van der Waals surface area contributed by atoms with Gasteiger partial charge in [-0.3, -0.25) is 18.8 Å². The lowest BCUT2D eigenvalue weighted by atomic mass is 9.74. The molecule has 1 fully saturated rings. The van der Waals surface area contributed by atoms with Gasteiger partial charge in [0.1, 0.15) is 5.82 Å². The lowest BCUT2D eigenvalue weighted by Gasteiger charge is -2.40. The lowest BCUT2D eigenvalue weighted by molar-refractivity contribution is 0.151. The van der Waals surface area contributed by atoms with Gasteiger partial charge in [0.05, 0.1) is 6.54 Å². The number of aromatic nitrogens is 2. The molecule has 1 saturated heterocycles. The fourth-order valence-corrected chi connectivity index (χ4v) is 7.01. The van der Waals surface area contributed by atoms with E-state index in [1.807, 2.05) is 49.4 Å². The van der Waals surface area contributed by atoms with Gasteiger partial charge in [0.25, 0.3) is 5.56 Å². The maximum atomic E-state index is 15.0. The normalized spacial score (nSPS) is 17.0. The van der Waals surface area contributed by atoms with Crippen molar-refractivity contribution in [2.75, 3.05) is 13.1 Å². The molecule has 3 aromatic carbocycles. The van der Waals surface area contributed by atoms with Crippen molar-refractivity contribution < 1.29 is 4.39 Å². The number of rotatable bonds is 7. The van der Waals surface area contributed by atoms with Crippen LogP contribution in [-0.2, 0) is 31.5 Å². The van der Waals surface area contributed by atoms with Gasteiger partial charge in [-0.05, 0) is 74.4 Å². The molecule has 6 heteroatoms. The summed E-state index contributed by atoms with van der Waals surface area (Å²) >= 11 is 0.